The Hall–Kier alpha value is -3.64. The first-order chi connectivity index (χ1) is 17.6. The summed E-state index contributed by atoms with van der Waals surface area (Å²) >= 11 is 0. The topological polar surface area (TPSA) is 72.0 Å². The van der Waals surface area contributed by atoms with Crippen molar-refractivity contribution >= 4 is 23.0 Å². The molecule has 3 aromatic rings. The number of hydrogen-bond donors (Lipinski definition) is 2. The minimum atomic E-state index is -0.562. The maximum Gasteiger partial charge on any atom is 0.238 e. The molecule has 1 atom stereocenters. The lowest BCUT2D eigenvalue weighted by Crippen LogP contribution is -2.22. The second kappa shape index (κ2) is 12.4. The van der Waals surface area contributed by atoms with Crippen LogP contribution in [0.5, 0.6) is 11.5 Å². The van der Waals surface area contributed by atoms with Crippen molar-refractivity contribution in [3.8, 4) is 11.5 Å². The Morgan fingerprint density at radius 1 is 0.944 bits per heavy atom. The first-order valence-electron chi connectivity index (χ1n) is 12.8. The molecule has 1 aliphatic rings. The quantitative estimate of drug-likeness (QED) is 0.236. The van der Waals surface area contributed by atoms with Gasteiger partial charge in [0.15, 0.2) is 11.5 Å². The van der Waals surface area contributed by atoms with E-state index in [-0.39, 0.29) is 5.91 Å². The molecule has 188 valence electrons. The van der Waals surface area contributed by atoms with Crippen LogP contribution < -0.4 is 20.1 Å². The maximum atomic E-state index is 13.3. The highest BCUT2D eigenvalue weighted by atomic mass is 16.5. The summed E-state index contributed by atoms with van der Waals surface area (Å²) < 4.78 is 11.6. The molecule has 6 heteroatoms. The van der Waals surface area contributed by atoms with Crippen LogP contribution in [-0.2, 0) is 11.3 Å². The fraction of sp³-hybridized carbons (Fsp3) is 0.333. The molecule has 3 aromatic carbocycles. The number of hydrogen-bond acceptors (Lipinski definition) is 5. The molecule has 2 N–H and O–H groups in total. The number of aliphatic imine (C=N–C) groups is 1. The third-order valence-corrected chi connectivity index (χ3v) is 6.11. The number of carbonyl (C=O) groups excluding carboxylic acids is 1. The number of fused-ring (bicyclic) bond motifs is 1. The Morgan fingerprint density at radius 2 is 1.64 bits per heavy atom. The predicted octanol–water partition coefficient (Wildman–Crippen LogP) is 6.23. The van der Waals surface area contributed by atoms with Gasteiger partial charge in [0.05, 0.1) is 24.6 Å². The van der Waals surface area contributed by atoms with Gasteiger partial charge in [-0.2, -0.15) is 0 Å². The van der Waals surface area contributed by atoms with Crippen molar-refractivity contribution in [2.45, 2.75) is 46.1 Å². The molecular formula is C30H35N3O3. The molecule has 1 unspecified atom stereocenters. The van der Waals surface area contributed by atoms with Crippen LogP contribution in [0.2, 0.25) is 0 Å². The molecular weight excluding hydrogens is 450 g/mol. The monoisotopic (exact) mass is 485 g/mol. The standard InChI is InChI=1S/C30H35N3O3/c1-4-7-17-31-20-21-13-15-23(16-14-21)32-29(22-11-9-8-10-12-22)28-24-18-26(35-5-2)27(36-6-3)19-25(24)33-30(28)34/h8-16,18-19,28,31H,4-7,17,20H2,1-3H3,(H,33,34). The average molecular weight is 486 g/mol. The van der Waals surface area contributed by atoms with E-state index >= 15 is 0 Å². The fourth-order valence-electron chi connectivity index (χ4n) is 4.34. The predicted molar refractivity (Wildman–Crippen MR) is 146 cm³/mol. The van der Waals surface area contributed by atoms with Crippen LogP contribution in [-0.4, -0.2) is 31.4 Å². The van der Waals surface area contributed by atoms with E-state index in [9.17, 15) is 4.79 Å². The number of ether oxygens (including phenoxy) is 2. The maximum absolute atomic E-state index is 13.3. The van der Waals surface area contributed by atoms with E-state index in [1.54, 1.807) is 0 Å². The first kappa shape index (κ1) is 25.5. The van der Waals surface area contributed by atoms with Crippen molar-refractivity contribution in [3.05, 3.63) is 83.4 Å². The highest BCUT2D eigenvalue weighted by molar-refractivity contribution is 6.24. The second-order valence-electron chi connectivity index (χ2n) is 8.73. The molecule has 1 amide bonds. The SMILES string of the molecule is CCCCNCc1ccc(N=C(c2ccccc2)C2C(=O)Nc3cc(OCC)c(OCC)cc32)cc1. The zero-order chi connectivity index (χ0) is 25.3. The summed E-state index contributed by atoms with van der Waals surface area (Å²) in [6.45, 7) is 8.91. The van der Waals surface area contributed by atoms with Gasteiger partial charge in [-0.25, -0.2) is 0 Å². The highest BCUT2D eigenvalue weighted by Crippen LogP contribution is 2.43. The Kier molecular flexibility index (Phi) is 8.74. The lowest BCUT2D eigenvalue weighted by molar-refractivity contribution is -0.115. The summed E-state index contributed by atoms with van der Waals surface area (Å²) in [5.74, 6) is 0.584. The van der Waals surface area contributed by atoms with Crippen LogP contribution in [0.25, 0.3) is 0 Å². The van der Waals surface area contributed by atoms with E-state index < -0.39 is 5.92 Å². The molecule has 0 aromatic heterocycles. The van der Waals surface area contributed by atoms with E-state index in [1.165, 1.54) is 18.4 Å². The van der Waals surface area contributed by atoms with Crippen molar-refractivity contribution in [2.75, 3.05) is 25.1 Å². The summed E-state index contributed by atoms with van der Waals surface area (Å²) in [5.41, 5.74) is 5.19. The molecule has 0 aliphatic carbocycles. The molecule has 0 bridgehead atoms. The van der Waals surface area contributed by atoms with E-state index in [1.807, 2.05) is 68.4 Å². The van der Waals surface area contributed by atoms with Gasteiger partial charge in [0.2, 0.25) is 5.91 Å². The molecule has 0 fully saturated rings. The lowest BCUT2D eigenvalue weighted by Gasteiger charge is -2.16. The Morgan fingerprint density at radius 3 is 2.31 bits per heavy atom. The molecule has 0 saturated carbocycles. The summed E-state index contributed by atoms with van der Waals surface area (Å²) in [5, 5.41) is 6.50. The van der Waals surface area contributed by atoms with Crippen molar-refractivity contribution < 1.29 is 14.3 Å². The molecule has 1 heterocycles. The normalized spacial score (nSPS) is 14.9. The van der Waals surface area contributed by atoms with Gasteiger partial charge in [-0.3, -0.25) is 9.79 Å². The van der Waals surface area contributed by atoms with Gasteiger partial charge < -0.3 is 20.1 Å². The molecule has 0 saturated heterocycles. The number of nitrogens with zero attached hydrogens (tertiary/aromatic N) is 1. The van der Waals surface area contributed by atoms with Crippen LogP contribution in [0.1, 0.15) is 56.2 Å². The van der Waals surface area contributed by atoms with E-state index in [4.69, 9.17) is 14.5 Å². The van der Waals surface area contributed by atoms with Crippen molar-refractivity contribution in [3.63, 3.8) is 0 Å². The molecule has 36 heavy (non-hydrogen) atoms. The fourth-order valence-corrected chi connectivity index (χ4v) is 4.34. The van der Waals surface area contributed by atoms with Crippen molar-refractivity contribution in [2.24, 2.45) is 4.99 Å². The summed E-state index contributed by atoms with van der Waals surface area (Å²) in [7, 11) is 0. The third-order valence-electron chi connectivity index (χ3n) is 6.11. The molecule has 6 nitrogen and oxygen atoms in total. The van der Waals surface area contributed by atoms with Gasteiger partial charge in [0, 0.05) is 18.3 Å². The Balaban J connectivity index is 1.71. The van der Waals surface area contributed by atoms with Gasteiger partial charge in [-0.15, -0.1) is 0 Å². The summed E-state index contributed by atoms with van der Waals surface area (Å²) in [4.78, 5) is 18.3. The number of carbonyl (C=O) groups is 1. The molecule has 0 spiro atoms. The van der Waals surface area contributed by atoms with Gasteiger partial charge >= 0.3 is 0 Å². The Labute approximate surface area is 213 Å². The van der Waals surface area contributed by atoms with E-state index in [0.29, 0.717) is 30.4 Å². The van der Waals surface area contributed by atoms with Gasteiger partial charge in [0.25, 0.3) is 0 Å². The number of benzene rings is 3. The molecule has 1 aliphatic heterocycles. The Bertz CT molecular complexity index is 1190. The molecule has 0 radical (unpaired) electrons. The average Bonchev–Trinajstić information content (AvgIpc) is 3.21. The van der Waals surface area contributed by atoms with Crippen LogP contribution in [0.15, 0.2) is 71.7 Å². The summed E-state index contributed by atoms with van der Waals surface area (Å²) in [6, 6.07) is 21.8. The van der Waals surface area contributed by atoms with Crippen molar-refractivity contribution in [1.82, 2.24) is 5.32 Å². The summed E-state index contributed by atoms with van der Waals surface area (Å²) in [6.07, 6.45) is 2.35. The number of rotatable bonds is 12. The minimum absolute atomic E-state index is 0.111. The molecule has 4 rings (SSSR count). The number of unbranched alkanes of at least 4 members (excludes halogenated alkanes) is 1. The van der Waals surface area contributed by atoms with Gasteiger partial charge in [-0.05, 0) is 61.7 Å². The van der Waals surface area contributed by atoms with Gasteiger partial charge in [-0.1, -0.05) is 55.8 Å². The van der Waals surface area contributed by atoms with Crippen LogP contribution in [0, 0.1) is 0 Å². The smallest absolute Gasteiger partial charge is 0.238 e. The lowest BCUT2D eigenvalue weighted by atomic mass is 9.90. The third kappa shape index (κ3) is 5.94. The zero-order valence-electron chi connectivity index (χ0n) is 21.3. The zero-order valence-corrected chi connectivity index (χ0v) is 21.3. The second-order valence-corrected chi connectivity index (χ2v) is 8.73. The minimum Gasteiger partial charge on any atom is -0.490 e. The number of anilines is 1. The van der Waals surface area contributed by atoms with Crippen LogP contribution in [0.4, 0.5) is 11.4 Å². The van der Waals surface area contributed by atoms with Crippen LogP contribution in [0.3, 0.4) is 0 Å². The highest BCUT2D eigenvalue weighted by Gasteiger charge is 2.36. The largest absolute Gasteiger partial charge is 0.490 e. The van der Waals surface area contributed by atoms with E-state index in [2.05, 4.69) is 29.7 Å². The number of amides is 1. The van der Waals surface area contributed by atoms with Gasteiger partial charge in [0.1, 0.15) is 5.92 Å². The van der Waals surface area contributed by atoms with E-state index in [0.717, 1.165) is 35.6 Å². The first-order valence-corrected chi connectivity index (χ1v) is 12.8. The van der Waals surface area contributed by atoms with Crippen molar-refractivity contribution in [1.29, 1.82) is 0 Å². The number of nitrogens with one attached hydrogen (secondary N) is 2. The van der Waals surface area contributed by atoms with Crippen LogP contribution >= 0.6 is 0 Å².